The van der Waals surface area contributed by atoms with E-state index in [1.165, 1.54) is 23.4 Å². The minimum absolute atomic E-state index is 0.128. The Morgan fingerprint density at radius 2 is 1.90 bits per heavy atom. The van der Waals surface area contributed by atoms with E-state index >= 15 is 0 Å². The van der Waals surface area contributed by atoms with E-state index in [9.17, 15) is 18.0 Å². The standard InChI is InChI=1S/C20H22ClN3O5S/c1-23(13-19(25)22-17-12-15(21)6-9-18(17)29-2)20(26)14-4-7-16(8-5-14)24-10-3-11-30(24,27)28/h4-9,12H,3,10-11,13H2,1-2H3,(H,22,25). The van der Waals surface area contributed by atoms with Gasteiger partial charge in [-0.25, -0.2) is 8.42 Å². The van der Waals surface area contributed by atoms with E-state index in [4.69, 9.17) is 16.3 Å². The maximum Gasteiger partial charge on any atom is 0.254 e. The molecule has 0 radical (unpaired) electrons. The van der Waals surface area contributed by atoms with Crippen LogP contribution in [0.4, 0.5) is 11.4 Å². The first kappa shape index (κ1) is 21.9. The molecule has 0 unspecified atom stereocenters. The number of anilines is 2. The molecule has 0 aromatic heterocycles. The summed E-state index contributed by atoms with van der Waals surface area (Å²) in [6, 6.07) is 11.1. The van der Waals surface area contributed by atoms with Gasteiger partial charge in [0, 0.05) is 24.2 Å². The highest BCUT2D eigenvalue weighted by molar-refractivity contribution is 7.93. The van der Waals surface area contributed by atoms with E-state index in [0.717, 1.165) is 0 Å². The fraction of sp³-hybridized carbons (Fsp3) is 0.300. The van der Waals surface area contributed by atoms with Crippen LogP contribution in [-0.2, 0) is 14.8 Å². The first-order chi connectivity index (χ1) is 14.2. The molecule has 0 bridgehead atoms. The highest BCUT2D eigenvalue weighted by atomic mass is 35.5. The molecule has 0 atom stereocenters. The van der Waals surface area contributed by atoms with Crippen LogP contribution >= 0.6 is 11.6 Å². The molecule has 2 aromatic carbocycles. The zero-order chi connectivity index (χ0) is 21.9. The van der Waals surface area contributed by atoms with E-state index in [0.29, 0.717) is 40.7 Å². The number of methoxy groups -OCH3 is 1. The fourth-order valence-electron chi connectivity index (χ4n) is 3.18. The summed E-state index contributed by atoms with van der Waals surface area (Å²) in [6.07, 6.45) is 0.582. The molecule has 2 aromatic rings. The molecule has 1 N–H and O–H groups in total. The third-order valence-electron chi connectivity index (χ3n) is 4.66. The Bertz CT molecular complexity index is 1060. The van der Waals surface area contributed by atoms with Gasteiger partial charge in [0.2, 0.25) is 15.9 Å². The van der Waals surface area contributed by atoms with Gasteiger partial charge in [-0.15, -0.1) is 0 Å². The second-order valence-electron chi connectivity index (χ2n) is 6.84. The highest BCUT2D eigenvalue weighted by Gasteiger charge is 2.28. The molecule has 0 aliphatic carbocycles. The van der Waals surface area contributed by atoms with Crippen molar-refractivity contribution in [3.8, 4) is 5.75 Å². The lowest BCUT2D eigenvalue weighted by Gasteiger charge is -2.19. The lowest BCUT2D eigenvalue weighted by Crippen LogP contribution is -2.35. The van der Waals surface area contributed by atoms with Crippen molar-refractivity contribution in [2.45, 2.75) is 6.42 Å². The Morgan fingerprint density at radius 1 is 1.20 bits per heavy atom. The molecule has 160 valence electrons. The van der Waals surface area contributed by atoms with Crippen LogP contribution in [0.3, 0.4) is 0 Å². The number of nitrogens with one attached hydrogen (secondary N) is 1. The van der Waals surface area contributed by atoms with Crippen LogP contribution in [0, 0.1) is 0 Å². The number of carbonyl (C=O) groups excluding carboxylic acids is 2. The first-order valence-electron chi connectivity index (χ1n) is 9.20. The third-order valence-corrected chi connectivity index (χ3v) is 6.77. The molecule has 8 nitrogen and oxygen atoms in total. The number of amides is 2. The van der Waals surface area contributed by atoms with E-state index in [1.54, 1.807) is 42.5 Å². The molecule has 1 heterocycles. The summed E-state index contributed by atoms with van der Waals surface area (Å²) in [4.78, 5) is 26.3. The average Bonchev–Trinajstić information content (AvgIpc) is 3.06. The SMILES string of the molecule is COc1ccc(Cl)cc1NC(=O)CN(C)C(=O)c1ccc(N2CCCS2(=O)=O)cc1. The van der Waals surface area contributed by atoms with Crippen LogP contribution in [0.15, 0.2) is 42.5 Å². The molecular weight excluding hydrogens is 430 g/mol. The number of hydrogen-bond donors (Lipinski definition) is 1. The zero-order valence-electron chi connectivity index (χ0n) is 16.6. The lowest BCUT2D eigenvalue weighted by molar-refractivity contribution is -0.116. The molecule has 1 aliphatic heterocycles. The smallest absolute Gasteiger partial charge is 0.254 e. The van der Waals surface area contributed by atoms with Crippen LogP contribution in [-0.4, -0.2) is 58.1 Å². The van der Waals surface area contributed by atoms with Gasteiger partial charge in [0.15, 0.2) is 0 Å². The van der Waals surface area contributed by atoms with Gasteiger partial charge in [-0.1, -0.05) is 11.6 Å². The Morgan fingerprint density at radius 3 is 2.50 bits per heavy atom. The molecule has 1 saturated heterocycles. The van der Waals surface area contributed by atoms with Gasteiger partial charge < -0.3 is 15.0 Å². The van der Waals surface area contributed by atoms with Gasteiger partial charge in [-0.3, -0.25) is 13.9 Å². The number of hydrogen-bond acceptors (Lipinski definition) is 5. The van der Waals surface area contributed by atoms with Crippen molar-refractivity contribution in [2.24, 2.45) is 0 Å². The number of benzene rings is 2. The Labute approximate surface area is 180 Å². The monoisotopic (exact) mass is 451 g/mol. The Balaban J connectivity index is 1.64. The second kappa shape index (κ2) is 8.93. The predicted molar refractivity (Wildman–Crippen MR) is 116 cm³/mol. The molecule has 10 heteroatoms. The Kier molecular flexibility index (Phi) is 6.52. The van der Waals surface area contributed by atoms with E-state index in [-0.39, 0.29) is 18.2 Å². The van der Waals surface area contributed by atoms with Crippen molar-refractivity contribution in [3.63, 3.8) is 0 Å². The van der Waals surface area contributed by atoms with Gasteiger partial charge in [0.25, 0.3) is 5.91 Å². The quantitative estimate of drug-likeness (QED) is 0.728. The van der Waals surface area contributed by atoms with Gasteiger partial charge >= 0.3 is 0 Å². The van der Waals surface area contributed by atoms with Crippen molar-refractivity contribution in [3.05, 3.63) is 53.1 Å². The van der Waals surface area contributed by atoms with E-state index < -0.39 is 15.9 Å². The van der Waals surface area contributed by atoms with Crippen LogP contribution < -0.4 is 14.4 Å². The van der Waals surface area contributed by atoms with Crippen molar-refractivity contribution in [1.82, 2.24) is 4.90 Å². The average molecular weight is 452 g/mol. The third kappa shape index (κ3) is 4.85. The van der Waals surface area contributed by atoms with E-state index in [1.807, 2.05) is 0 Å². The molecule has 1 fully saturated rings. The number of likely N-dealkylation sites (N-methyl/N-ethyl adjacent to an activating group) is 1. The molecule has 1 aliphatic rings. The summed E-state index contributed by atoms with van der Waals surface area (Å²) in [6.45, 7) is 0.249. The molecule has 0 spiro atoms. The number of ether oxygens (including phenoxy) is 1. The summed E-state index contributed by atoms with van der Waals surface area (Å²) in [5, 5.41) is 3.12. The first-order valence-corrected chi connectivity index (χ1v) is 11.2. The van der Waals surface area contributed by atoms with Crippen LogP contribution in [0.1, 0.15) is 16.8 Å². The number of halogens is 1. The number of carbonyl (C=O) groups is 2. The van der Waals surface area contributed by atoms with Gasteiger partial charge in [0.05, 0.1) is 30.8 Å². The summed E-state index contributed by atoms with van der Waals surface area (Å²) >= 11 is 5.96. The van der Waals surface area contributed by atoms with Crippen LogP contribution in [0.2, 0.25) is 5.02 Å². The van der Waals surface area contributed by atoms with Gasteiger partial charge in [-0.2, -0.15) is 0 Å². The molecule has 2 amide bonds. The second-order valence-corrected chi connectivity index (χ2v) is 9.29. The summed E-state index contributed by atoms with van der Waals surface area (Å²) in [7, 11) is -0.291. The maximum atomic E-state index is 12.6. The number of rotatable bonds is 6. The predicted octanol–water partition coefficient (Wildman–Crippen LogP) is 2.60. The van der Waals surface area contributed by atoms with Crippen molar-refractivity contribution in [2.75, 3.05) is 42.6 Å². The normalized spacial score (nSPS) is 15.0. The molecule has 30 heavy (non-hydrogen) atoms. The van der Waals surface area contributed by atoms with Gasteiger partial charge in [-0.05, 0) is 48.9 Å². The minimum Gasteiger partial charge on any atom is -0.495 e. The highest BCUT2D eigenvalue weighted by Crippen LogP contribution is 2.28. The van der Waals surface area contributed by atoms with Crippen LogP contribution in [0.5, 0.6) is 5.75 Å². The Hall–Kier alpha value is -2.78. The maximum absolute atomic E-state index is 12.6. The molecule has 0 saturated carbocycles. The molecule has 3 rings (SSSR count). The number of sulfonamides is 1. The summed E-state index contributed by atoms with van der Waals surface area (Å²) in [5.74, 6) is -0.192. The van der Waals surface area contributed by atoms with Crippen molar-refractivity contribution >= 4 is 44.8 Å². The van der Waals surface area contributed by atoms with Crippen molar-refractivity contribution < 1.29 is 22.7 Å². The fourth-order valence-corrected chi connectivity index (χ4v) is 4.91. The number of nitrogens with zero attached hydrogens (tertiary/aromatic N) is 2. The van der Waals surface area contributed by atoms with Crippen molar-refractivity contribution in [1.29, 1.82) is 0 Å². The van der Waals surface area contributed by atoms with Crippen LogP contribution in [0.25, 0.3) is 0 Å². The minimum atomic E-state index is -3.28. The molecular formula is C20H22ClN3O5S. The van der Waals surface area contributed by atoms with E-state index in [2.05, 4.69) is 5.32 Å². The topological polar surface area (TPSA) is 96.0 Å². The summed E-state index contributed by atoms with van der Waals surface area (Å²) < 4.78 is 30.6. The van der Waals surface area contributed by atoms with Gasteiger partial charge in [0.1, 0.15) is 5.75 Å². The largest absolute Gasteiger partial charge is 0.495 e. The zero-order valence-corrected chi connectivity index (χ0v) is 18.2. The summed E-state index contributed by atoms with van der Waals surface area (Å²) in [5.41, 5.74) is 1.29. The lowest BCUT2D eigenvalue weighted by atomic mass is 10.2.